The minimum Gasteiger partial charge on any atom is -0.486 e. The summed E-state index contributed by atoms with van der Waals surface area (Å²) in [6.07, 6.45) is 5.68. The van der Waals surface area contributed by atoms with E-state index in [1.807, 2.05) is 31.2 Å². The quantitative estimate of drug-likeness (QED) is 0.526. The highest BCUT2D eigenvalue weighted by Crippen LogP contribution is 2.57. The molecule has 188 valence electrons. The first kappa shape index (κ1) is 24.3. The summed E-state index contributed by atoms with van der Waals surface area (Å²) >= 11 is 6.21. The van der Waals surface area contributed by atoms with E-state index in [0.717, 1.165) is 49.3 Å². The van der Waals surface area contributed by atoms with Crippen LogP contribution in [0.4, 0.5) is 5.69 Å². The molecule has 1 heterocycles. The Bertz CT molecular complexity index is 1090. The van der Waals surface area contributed by atoms with Gasteiger partial charge in [0.2, 0.25) is 0 Å². The first-order chi connectivity index (χ1) is 16.9. The molecule has 2 aromatic rings. The highest BCUT2D eigenvalue weighted by molar-refractivity contribution is 6.30. The molecule has 0 bridgehead atoms. The molecule has 2 unspecified atom stereocenters. The molecule has 0 aromatic heterocycles. The third-order valence-corrected chi connectivity index (χ3v) is 8.48. The molecule has 35 heavy (non-hydrogen) atoms. The predicted molar refractivity (Wildman–Crippen MR) is 136 cm³/mol. The minimum absolute atomic E-state index is 0.0361. The number of methoxy groups -OCH3 is 1. The Labute approximate surface area is 211 Å². The number of carbonyl (C=O) groups is 1. The molecule has 0 amide bonds. The van der Waals surface area contributed by atoms with Crippen LogP contribution < -0.4 is 14.8 Å². The molecule has 3 aliphatic rings. The number of esters is 1. The van der Waals surface area contributed by atoms with Crippen LogP contribution in [0.1, 0.15) is 56.6 Å². The van der Waals surface area contributed by atoms with Gasteiger partial charge in [-0.1, -0.05) is 17.7 Å². The normalized spacial score (nSPS) is 29.0. The lowest BCUT2D eigenvalue weighted by atomic mass is 9.60. The van der Waals surface area contributed by atoms with Gasteiger partial charge in [-0.05, 0) is 105 Å². The number of aliphatic hydroxyl groups excluding tert-OH is 1. The van der Waals surface area contributed by atoms with Crippen LogP contribution >= 0.6 is 11.6 Å². The number of fused-ring (bicyclic) bond motifs is 3. The number of anilines is 1. The molecular weight excluding hydrogens is 466 g/mol. The van der Waals surface area contributed by atoms with Gasteiger partial charge in [-0.3, -0.25) is 0 Å². The molecule has 2 aromatic carbocycles. The Balaban J connectivity index is 1.48. The van der Waals surface area contributed by atoms with E-state index in [9.17, 15) is 9.90 Å². The molecule has 6 nitrogen and oxygen atoms in total. The zero-order chi connectivity index (χ0) is 24.6. The fourth-order valence-corrected chi connectivity index (χ4v) is 6.70. The van der Waals surface area contributed by atoms with E-state index >= 15 is 0 Å². The average molecular weight is 500 g/mol. The number of ether oxygens (including phenoxy) is 3. The van der Waals surface area contributed by atoms with Crippen molar-refractivity contribution in [1.82, 2.24) is 0 Å². The summed E-state index contributed by atoms with van der Waals surface area (Å²) in [4.78, 5) is 13.1. The Morgan fingerprint density at radius 2 is 2.00 bits per heavy atom. The van der Waals surface area contributed by atoms with Crippen LogP contribution in [0, 0.1) is 5.92 Å². The molecule has 1 aliphatic heterocycles. The van der Waals surface area contributed by atoms with Crippen LogP contribution in [0.25, 0.3) is 0 Å². The van der Waals surface area contributed by atoms with Crippen molar-refractivity contribution in [2.75, 3.05) is 25.6 Å². The van der Waals surface area contributed by atoms with Crippen molar-refractivity contribution in [2.24, 2.45) is 5.92 Å². The topological polar surface area (TPSA) is 77.0 Å². The van der Waals surface area contributed by atoms with Gasteiger partial charge in [-0.2, -0.15) is 0 Å². The number of halogens is 1. The second-order valence-electron chi connectivity index (χ2n) is 10.3. The number of hydrogen-bond donors (Lipinski definition) is 2. The van der Waals surface area contributed by atoms with Gasteiger partial charge in [0.25, 0.3) is 0 Å². The van der Waals surface area contributed by atoms with Gasteiger partial charge < -0.3 is 24.6 Å². The van der Waals surface area contributed by atoms with Crippen molar-refractivity contribution in [1.29, 1.82) is 0 Å². The fourth-order valence-electron chi connectivity index (χ4n) is 6.51. The summed E-state index contributed by atoms with van der Waals surface area (Å²) in [5.41, 5.74) is 2.56. The highest BCUT2D eigenvalue weighted by atomic mass is 35.5. The molecule has 2 N–H and O–H groups in total. The zero-order valence-corrected chi connectivity index (χ0v) is 21.2. The third kappa shape index (κ3) is 4.36. The molecule has 7 heteroatoms. The standard InChI is InChI=1S/C28H34ClNO5/c1-18-17-34-24-16-23-19(14-25(24)35-18)13-20(5-4-12-31)27(23)8-10-28(11-9-27,26(32)33-2)30-22-7-3-6-21(29)15-22/h3,6-7,14-16,18,20,30-31H,4-5,8-13,17H2,1-2H3. The highest BCUT2D eigenvalue weighted by Gasteiger charge is 2.54. The van der Waals surface area contributed by atoms with E-state index in [0.29, 0.717) is 30.4 Å². The number of carbonyl (C=O) groups excluding carboxylic acids is 1. The molecule has 0 saturated heterocycles. The van der Waals surface area contributed by atoms with Crippen LogP contribution in [0.2, 0.25) is 5.02 Å². The Kier molecular flexibility index (Phi) is 6.62. The van der Waals surface area contributed by atoms with Crippen LogP contribution in [-0.4, -0.2) is 43.0 Å². The minimum atomic E-state index is -0.807. The monoisotopic (exact) mass is 499 g/mol. The number of aliphatic hydroxyl groups is 1. The smallest absolute Gasteiger partial charge is 0.331 e. The summed E-state index contributed by atoms with van der Waals surface area (Å²) < 4.78 is 17.4. The zero-order valence-electron chi connectivity index (χ0n) is 20.4. The van der Waals surface area contributed by atoms with Crippen LogP contribution in [0.15, 0.2) is 36.4 Å². The van der Waals surface area contributed by atoms with Crippen molar-refractivity contribution in [2.45, 2.75) is 68.9 Å². The molecule has 1 spiro atoms. The second kappa shape index (κ2) is 9.55. The van der Waals surface area contributed by atoms with Gasteiger partial charge in [-0.15, -0.1) is 0 Å². The van der Waals surface area contributed by atoms with E-state index in [4.69, 9.17) is 25.8 Å². The second-order valence-corrected chi connectivity index (χ2v) is 10.8. The lowest BCUT2D eigenvalue weighted by molar-refractivity contribution is -0.148. The lowest BCUT2D eigenvalue weighted by Crippen LogP contribution is -2.53. The Hall–Kier alpha value is -2.44. The lowest BCUT2D eigenvalue weighted by Gasteiger charge is -2.47. The third-order valence-electron chi connectivity index (χ3n) is 8.25. The molecule has 5 rings (SSSR count). The van der Waals surface area contributed by atoms with Gasteiger partial charge in [0.05, 0.1) is 7.11 Å². The van der Waals surface area contributed by atoms with Crippen molar-refractivity contribution >= 4 is 23.3 Å². The summed E-state index contributed by atoms with van der Waals surface area (Å²) in [5.74, 6) is 1.79. The number of benzene rings is 2. The predicted octanol–water partition coefficient (Wildman–Crippen LogP) is 5.28. The van der Waals surface area contributed by atoms with Crippen molar-refractivity contribution < 1.29 is 24.1 Å². The van der Waals surface area contributed by atoms with E-state index in [1.165, 1.54) is 18.2 Å². The van der Waals surface area contributed by atoms with Crippen LogP contribution in [-0.2, 0) is 21.4 Å². The maximum absolute atomic E-state index is 13.1. The molecule has 2 aliphatic carbocycles. The molecule has 1 fully saturated rings. The molecular formula is C28H34ClNO5. The van der Waals surface area contributed by atoms with E-state index in [1.54, 1.807) is 0 Å². The van der Waals surface area contributed by atoms with Gasteiger partial charge in [0, 0.05) is 17.3 Å². The molecule has 2 atom stereocenters. The van der Waals surface area contributed by atoms with Crippen LogP contribution in [0.3, 0.4) is 0 Å². The van der Waals surface area contributed by atoms with Crippen molar-refractivity contribution in [3.05, 3.63) is 52.5 Å². The van der Waals surface area contributed by atoms with Gasteiger partial charge >= 0.3 is 5.97 Å². The van der Waals surface area contributed by atoms with Gasteiger partial charge in [-0.25, -0.2) is 4.79 Å². The first-order valence-electron chi connectivity index (χ1n) is 12.6. The summed E-state index contributed by atoms with van der Waals surface area (Å²) in [6.45, 7) is 2.75. The largest absolute Gasteiger partial charge is 0.486 e. The number of hydrogen-bond acceptors (Lipinski definition) is 6. The fraction of sp³-hybridized carbons (Fsp3) is 0.536. The maximum atomic E-state index is 13.1. The number of nitrogens with one attached hydrogen (secondary N) is 1. The number of rotatable bonds is 6. The first-order valence-corrected chi connectivity index (χ1v) is 13.0. The SMILES string of the molecule is COC(=O)C1(Nc2cccc(Cl)c2)CCC2(CC1)c1cc3c(cc1CC2CCCO)OC(C)CO3. The summed E-state index contributed by atoms with van der Waals surface area (Å²) in [5, 5.41) is 13.7. The van der Waals surface area contributed by atoms with Crippen molar-refractivity contribution in [3.8, 4) is 11.5 Å². The Morgan fingerprint density at radius 1 is 1.20 bits per heavy atom. The molecule has 1 saturated carbocycles. The van der Waals surface area contributed by atoms with Gasteiger partial charge in [0.1, 0.15) is 18.2 Å². The summed E-state index contributed by atoms with van der Waals surface area (Å²) in [7, 11) is 1.45. The van der Waals surface area contributed by atoms with E-state index < -0.39 is 5.54 Å². The van der Waals surface area contributed by atoms with Crippen molar-refractivity contribution in [3.63, 3.8) is 0 Å². The van der Waals surface area contributed by atoms with Crippen LogP contribution in [0.5, 0.6) is 11.5 Å². The van der Waals surface area contributed by atoms with E-state index in [-0.39, 0.29) is 24.1 Å². The average Bonchev–Trinajstić information content (AvgIpc) is 3.14. The Morgan fingerprint density at radius 3 is 2.71 bits per heavy atom. The van der Waals surface area contributed by atoms with Gasteiger partial charge in [0.15, 0.2) is 11.5 Å². The summed E-state index contributed by atoms with van der Waals surface area (Å²) in [6, 6.07) is 11.8. The maximum Gasteiger partial charge on any atom is 0.331 e. The molecule has 0 radical (unpaired) electrons. The van der Waals surface area contributed by atoms with E-state index in [2.05, 4.69) is 17.4 Å².